The molecule has 0 aliphatic carbocycles. The zero-order valence-electron chi connectivity index (χ0n) is 9.18. The molecule has 2 aromatic rings. The van der Waals surface area contributed by atoms with Gasteiger partial charge >= 0.3 is 5.97 Å². The molecule has 0 aliphatic rings. The maximum atomic E-state index is 11.4. The zero-order chi connectivity index (χ0) is 11.4. The Hall–Kier alpha value is -1.36. The summed E-state index contributed by atoms with van der Waals surface area (Å²) in [5.74, 6) is -0.195. The Balaban J connectivity index is 1.89. The Morgan fingerprint density at radius 1 is 1.62 bits per heavy atom. The van der Waals surface area contributed by atoms with Gasteiger partial charge in [-0.15, -0.1) is 11.3 Å². The van der Waals surface area contributed by atoms with Crippen molar-refractivity contribution in [3.8, 4) is 0 Å². The van der Waals surface area contributed by atoms with Crippen molar-refractivity contribution in [3.63, 3.8) is 0 Å². The molecule has 4 nitrogen and oxygen atoms in total. The summed E-state index contributed by atoms with van der Waals surface area (Å²) in [4.78, 5) is 16.7. The molecule has 0 saturated heterocycles. The van der Waals surface area contributed by atoms with Gasteiger partial charge in [0.15, 0.2) is 4.96 Å². The number of carbonyl (C=O) groups excluding carboxylic acids is 1. The molecule has 0 amide bonds. The van der Waals surface area contributed by atoms with Crippen molar-refractivity contribution in [2.75, 3.05) is 6.61 Å². The summed E-state index contributed by atoms with van der Waals surface area (Å²) < 4.78 is 6.99. The van der Waals surface area contributed by atoms with Crippen LogP contribution in [-0.2, 0) is 16.0 Å². The highest BCUT2D eigenvalue weighted by atomic mass is 32.1. The highest BCUT2D eigenvalue weighted by Gasteiger charge is 2.08. The lowest BCUT2D eigenvalue weighted by atomic mass is 10.3. The molecule has 0 aliphatic heterocycles. The van der Waals surface area contributed by atoms with Crippen LogP contribution in [0.5, 0.6) is 0 Å². The minimum absolute atomic E-state index is 0.195. The molecule has 86 valence electrons. The van der Waals surface area contributed by atoms with Gasteiger partial charge in [-0.2, -0.15) is 0 Å². The lowest BCUT2D eigenvalue weighted by Crippen LogP contribution is -2.09. The molecule has 0 unspecified atom stereocenters. The van der Waals surface area contributed by atoms with Gasteiger partial charge in [0.2, 0.25) is 0 Å². The maximum Gasteiger partial charge on any atom is 0.311 e. The van der Waals surface area contributed by atoms with Crippen molar-refractivity contribution in [1.82, 2.24) is 9.38 Å². The molecule has 5 heteroatoms. The van der Waals surface area contributed by atoms with Crippen LogP contribution in [-0.4, -0.2) is 22.0 Å². The van der Waals surface area contributed by atoms with Gasteiger partial charge in [-0.1, -0.05) is 13.3 Å². The molecular weight excluding hydrogens is 224 g/mol. The van der Waals surface area contributed by atoms with Crippen molar-refractivity contribution in [2.45, 2.75) is 26.2 Å². The predicted molar refractivity (Wildman–Crippen MR) is 62.6 cm³/mol. The van der Waals surface area contributed by atoms with E-state index < -0.39 is 0 Å². The Kier molecular flexibility index (Phi) is 3.56. The molecule has 0 aromatic carbocycles. The number of esters is 1. The number of thiazole rings is 1. The van der Waals surface area contributed by atoms with E-state index in [1.165, 1.54) is 0 Å². The van der Waals surface area contributed by atoms with E-state index in [-0.39, 0.29) is 12.4 Å². The molecule has 0 saturated carbocycles. The van der Waals surface area contributed by atoms with Crippen molar-refractivity contribution >= 4 is 22.3 Å². The second-order valence-electron chi connectivity index (χ2n) is 3.58. The highest BCUT2D eigenvalue weighted by Crippen LogP contribution is 2.11. The van der Waals surface area contributed by atoms with E-state index in [1.807, 2.05) is 22.2 Å². The summed E-state index contributed by atoms with van der Waals surface area (Å²) in [6.07, 6.45) is 6.02. The van der Waals surface area contributed by atoms with Crippen LogP contribution in [0.2, 0.25) is 0 Å². The van der Waals surface area contributed by atoms with E-state index in [4.69, 9.17) is 4.74 Å². The van der Waals surface area contributed by atoms with E-state index in [1.54, 1.807) is 11.3 Å². The fraction of sp³-hybridized carbons (Fsp3) is 0.455. The molecule has 0 bridgehead atoms. The SMILES string of the molecule is CCCCOC(=O)Cc1cn2ccsc2n1. The van der Waals surface area contributed by atoms with Crippen molar-refractivity contribution < 1.29 is 9.53 Å². The van der Waals surface area contributed by atoms with Gasteiger partial charge in [0.25, 0.3) is 0 Å². The van der Waals surface area contributed by atoms with Gasteiger partial charge in [0.1, 0.15) is 0 Å². The van der Waals surface area contributed by atoms with Crippen LogP contribution in [0.3, 0.4) is 0 Å². The Morgan fingerprint density at radius 2 is 2.50 bits per heavy atom. The molecule has 0 spiro atoms. The van der Waals surface area contributed by atoms with E-state index >= 15 is 0 Å². The number of unbranched alkanes of at least 4 members (excludes halogenated alkanes) is 1. The second-order valence-corrected chi connectivity index (χ2v) is 4.45. The second kappa shape index (κ2) is 5.12. The summed E-state index contributed by atoms with van der Waals surface area (Å²) in [6.45, 7) is 2.58. The predicted octanol–water partition coefficient (Wildman–Crippen LogP) is 2.28. The van der Waals surface area contributed by atoms with Crippen LogP contribution in [0, 0.1) is 0 Å². The first-order valence-electron chi connectivity index (χ1n) is 5.36. The molecule has 2 aromatic heterocycles. The molecular formula is C11H14N2O2S. The third-order valence-electron chi connectivity index (χ3n) is 2.23. The largest absolute Gasteiger partial charge is 0.465 e. The summed E-state index contributed by atoms with van der Waals surface area (Å²) in [5.41, 5.74) is 0.772. The van der Waals surface area contributed by atoms with Crippen molar-refractivity contribution in [3.05, 3.63) is 23.5 Å². The fourth-order valence-electron chi connectivity index (χ4n) is 1.39. The minimum atomic E-state index is -0.195. The number of ether oxygens (including phenoxy) is 1. The van der Waals surface area contributed by atoms with E-state index in [0.717, 1.165) is 23.5 Å². The van der Waals surface area contributed by atoms with Crippen LogP contribution >= 0.6 is 11.3 Å². The lowest BCUT2D eigenvalue weighted by molar-refractivity contribution is -0.142. The average Bonchev–Trinajstić information content (AvgIpc) is 2.78. The number of hydrogen-bond acceptors (Lipinski definition) is 4. The standard InChI is InChI=1S/C11H14N2O2S/c1-2-3-5-15-10(14)7-9-8-13-4-6-16-11(13)12-9/h4,6,8H,2-3,5,7H2,1H3. The van der Waals surface area contributed by atoms with Crippen molar-refractivity contribution in [2.24, 2.45) is 0 Å². The number of aromatic nitrogens is 2. The molecule has 0 N–H and O–H groups in total. The number of fused-ring (bicyclic) bond motifs is 1. The van der Waals surface area contributed by atoms with Gasteiger partial charge in [-0.25, -0.2) is 4.98 Å². The van der Waals surface area contributed by atoms with Gasteiger partial charge in [-0.3, -0.25) is 9.20 Å². The minimum Gasteiger partial charge on any atom is -0.465 e. The highest BCUT2D eigenvalue weighted by molar-refractivity contribution is 7.15. The van der Waals surface area contributed by atoms with Gasteiger partial charge in [0, 0.05) is 17.8 Å². The third-order valence-corrected chi connectivity index (χ3v) is 3.00. The normalized spacial score (nSPS) is 10.8. The van der Waals surface area contributed by atoms with Gasteiger partial charge in [-0.05, 0) is 6.42 Å². The average molecular weight is 238 g/mol. The number of hydrogen-bond donors (Lipinski definition) is 0. The molecule has 2 rings (SSSR count). The lowest BCUT2D eigenvalue weighted by Gasteiger charge is -2.01. The fourth-order valence-corrected chi connectivity index (χ4v) is 2.11. The quantitative estimate of drug-likeness (QED) is 0.593. The van der Waals surface area contributed by atoms with E-state index in [2.05, 4.69) is 11.9 Å². The van der Waals surface area contributed by atoms with Crippen LogP contribution in [0.15, 0.2) is 17.8 Å². The third kappa shape index (κ3) is 2.61. The maximum absolute atomic E-state index is 11.4. The number of nitrogens with zero attached hydrogens (tertiary/aromatic N) is 2. The van der Waals surface area contributed by atoms with Crippen LogP contribution in [0.25, 0.3) is 4.96 Å². The number of imidazole rings is 1. The smallest absolute Gasteiger partial charge is 0.311 e. The Morgan fingerprint density at radius 3 is 3.25 bits per heavy atom. The van der Waals surface area contributed by atoms with E-state index in [9.17, 15) is 4.79 Å². The monoisotopic (exact) mass is 238 g/mol. The molecule has 16 heavy (non-hydrogen) atoms. The van der Waals surface area contributed by atoms with Crippen LogP contribution < -0.4 is 0 Å². The number of carbonyl (C=O) groups is 1. The molecule has 0 radical (unpaired) electrons. The zero-order valence-corrected chi connectivity index (χ0v) is 10.00. The van der Waals surface area contributed by atoms with Crippen molar-refractivity contribution in [1.29, 1.82) is 0 Å². The summed E-state index contributed by atoms with van der Waals surface area (Å²) in [6, 6.07) is 0. The topological polar surface area (TPSA) is 43.6 Å². The molecule has 0 atom stereocenters. The summed E-state index contributed by atoms with van der Waals surface area (Å²) >= 11 is 1.56. The first kappa shape index (κ1) is 11.1. The van der Waals surface area contributed by atoms with E-state index in [0.29, 0.717) is 6.61 Å². The molecule has 2 heterocycles. The Labute approximate surface area is 97.9 Å². The summed E-state index contributed by atoms with van der Waals surface area (Å²) in [7, 11) is 0. The van der Waals surface area contributed by atoms with Gasteiger partial charge in [0.05, 0.1) is 18.7 Å². The first-order chi connectivity index (χ1) is 7.79. The first-order valence-corrected chi connectivity index (χ1v) is 6.24. The Bertz CT molecular complexity index is 446. The molecule has 0 fully saturated rings. The van der Waals surface area contributed by atoms with Crippen LogP contribution in [0.4, 0.5) is 0 Å². The summed E-state index contributed by atoms with van der Waals surface area (Å²) in [5, 5.41) is 1.96. The van der Waals surface area contributed by atoms with Gasteiger partial charge < -0.3 is 4.74 Å². The number of rotatable bonds is 5. The van der Waals surface area contributed by atoms with Crippen LogP contribution in [0.1, 0.15) is 25.5 Å².